The van der Waals surface area contributed by atoms with Gasteiger partial charge in [0.25, 0.3) is 11.8 Å². The molecule has 2 aliphatic rings. The number of aliphatic carboxylic acids is 1. The topological polar surface area (TPSA) is 236 Å². The van der Waals surface area contributed by atoms with E-state index in [0.29, 0.717) is 10.7 Å². The number of nitrogens with one attached hydrogen (secondary N) is 1. The second-order valence-corrected chi connectivity index (χ2v) is 9.94. The molecule has 2 aliphatic heterocycles. The van der Waals surface area contributed by atoms with Crippen molar-refractivity contribution in [3.63, 3.8) is 0 Å². The minimum atomic E-state index is -1.28. The van der Waals surface area contributed by atoms with Crippen molar-refractivity contribution in [1.82, 2.24) is 25.2 Å². The van der Waals surface area contributed by atoms with Gasteiger partial charge in [0, 0.05) is 22.1 Å². The molecule has 34 heavy (non-hydrogen) atoms. The van der Waals surface area contributed by atoms with Crippen molar-refractivity contribution in [3.05, 3.63) is 33.6 Å². The van der Waals surface area contributed by atoms with E-state index in [-0.39, 0.29) is 39.7 Å². The molecule has 0 aromatic carbocycles. The molecule has 0 saturated carbocycles. The van der Waals surface area contributed by atoms with E-state index >= 15 is 0 Å². The van der Waals surface area contributed by atoms with Gasteiger partial charge in [0.2, 0.25) is 0 Å². The van der Waals surface area contributed by atoms with E-state index < -0.39 is 34.9 Å². The first-order chi connectivity index (χ1) is 16.2. The molecule has 2 aromatic rings. The number of fused-ring (bicyclic) bond motifs is 1. The Bertz CT molecular complexity index is 1230. The van der Waals surface area contributed by atoms with Gasteiger partial charge in [0.15, 0.2) is 10.8 Å². The van der Waals surface area contributed by atoms with Crippen molar-refractivity contribution in [1.29, 1.82) is 0 Å². The standard InChI is InChI=1S/C17H17N9O5S3/c18-7-1-8(19)23-9(22-7)4-32-6-3-33-15-11(14(28)26(15)12(6)16(29)30)24-13(27)10(25-31)5-2-34-17(20)21-5/h1-2,11,15,31H,3-4H2,(H2,20,21)(H,24,27)(H,29,30)(H4,18,19,22,23)/b25-10+/t11?,15-/m1/s1. The number of hydrogen-bond donors (Lipinski definition) is 6. The number of carbonyl (C=O) groups is 3. The molecule has 178 valence electrons. The molecule has 0 aliphatic carbocycles. The second-order valence-electron chi connectivity index (χ2n) is 6.88. The summed E-state index contributed by atoms with van der Waals surface area (Å²) in [5, 5.41) is 25.4. The fourth-order valence-electron chi connectivity index (χ4n) is 3.28. The Hall–Kier alpha value is -3.57. The summed E-state index contributed by atoms with van der Waals surface area (Å²) in [6.45, 7) is 0. The van der Waals surface area contributed by atoms with Crippen LogP contribution in [0.5, 0.6) is 0 Å². The molecular formula is C17H17N9O5S3. The number of thioether (sulfide) groups is 2. The molecule has 2 atom stereocenters. The third kappa shape index (κ3) is 4.44. The Morgan fingerprint density at radius 3 is 2.56 bits per heavy atom. The summed E-state index contributed by atoms with van der Waals surface area (Å²) < 4.78 is 0. The number of β-lactam (4-membered cyclic amide) rings is 1. The fourth-order valence-corrected chi connectivity index (χ4v) is 6.31. The van der Waals surface area contributed by atoms with Crippen LogP contribution in [0.1, 0.15) is 11.5 Å². The van der Waals surface area contributed by atoms with Crippen molar-refractivity contribution >= 4 is 75.1 Å². The van der Waals surface area contributed by atoms with Crippen molar-refractivity contribution in [2.45, 2.75) is 17.2 Å². The summed E-state index contributed by atoms with van der Waals surface area (Å²) >= 11 is 3.49. The van der Waals surface area contributed by atoms with Crippen molar-refractivity contribution in [2.24, 2.45) is 5.16 Å². The average molecular weight is 524 g/mol. The fraction of sp³-hybridized carbons (Fsp3) is 0.235. The second kappa shape index (κ2) is 9.35. The zero-order valence-electron chi connectivity index (χ0n) is 17.0. The van der Waals surface area contributed by atoms with Crippen LogP contribution in [0.3, 0.4) is 0 Å². The SMILES string of the molecule is Nc1cc(N)nc(CSC2=C(C(=O)O)N3C(=O)C(NC(=O)/C(=N/O)c4csc(N)n4)[C@H]3SC2)n1. The van der Waals surface area contributed by atoms with Crippen LogP contribution in [0, 0.1) is 0 Å². The summed E-state index contributed by atoms with van der Waals surface area (Å²) in [4.78, 5) is 50.9. The number of nitrogens with two attached hydrogens (primary N) is 3. The lowest BCUT2D eigenvalue weighted by atomic mass is 10.0. The number of nitrogens with zero attached hydrogens (tertiary/aromatic N) is 5. The lowest BCUT2D eigenvalue weighted by Gasteiger charge is -2.49. The molecule has 4 heterocycles. The van der Waals surface area contributed by atoms with E-state index in [1.165, 1.54) is 23.2 Å². The number of oxime groups is 1. The smallest absolute Gasteiger partial charge is 0.353 e. The number of thiazole rings is 1. The van der Waals surface area contributed by atoms with Crippen LogP contribution in [0.15, 0.2) is 27.2 Å². The molecule has 17 heteroatoms. The van der Waals surface area contributed by atoms with E-state index in [2.05, 4.69) is 25.4 Å². The minimum Gasteiger partial charge on any atom is -0.477 e. The number of nitrogen functional groups attached to an aromatic ring is 3. The molecule has 2 amide bonds. The number of hydrogen-bond acceptors (Lipinski definition) is 14. The first-order valence-electron chi connectivity index (χ1n) is 9.36. The monoisotopic (exact) mass is 523 g/mol. The molecule has 1 saturated heterocycles. The highest BCUT2D eigenvalue weighted by atomic mass is 32.2. The van der Waals surface area contributed by atoms with Gasteiger partial charge in [-0.05, 0) is 0 Å². The van der Waals surface area contributed by atoms with Crippen molar-refractivity contribution < 1.29 is 24.7 Å². The van der Waals surface area contributed by atoms with Gasteiger partial charge in [-0.15, -0.1) is 34.9 Å². The quantitative estimate of drug-likeness (QED) is 0.116. The first-order valence-corrected chi connectivity index (χ1v) is 12.3. The molecule has 1 fully saturated rings. The molecule has 0 spiro atoms. The highest BCUT2D eigenvalue weighted by Gasteiger charge is 2.54. The molecule has 2 aromatic heterocycles. The summed E-state index contributed by atoms with van der Waals surface area (Å²) in [6.07, 6.45) is 0. The zero-order chi connectivity index (χ0) is 24.6. The summed E-state index contributed by atoms with van der Waals surface area (Å²) in [5.41, 5.74) is 16.3. The molecule has 1 unspecified atom stereocenters. The van der Waals surface area contributed by atoms with E-state index in [1.54, 1.807) is 0 Å². The van der Waals surface area contributed by atoms with E-state index in [1.807, 2.05) is 0 Å². The Balaban J connectivity index is 1.48. The predicted octanol–water partition coefficient (Wildman–Crippen LogP) is -0.512. The molecule has 0 radical (unpaired) electrons. The lowest BCUT2D eigenvalue weighted by Crippen LogP contribution is -2.71. The van der Waals surface area contributed by atoms with Gasteiger partial charge in [-0.2, -0.15) is 0 Å². The Labute approximate surface area is 203 Å². The summed E-state index contributed by atoms with van der Waals surface area (Å²) in [6, 6.07) is 0.392. The third-order valence-corrected chi connectivity index (χ3v) is 7.91. The average Bonchev–Trinajstić information content (AvgIpc) is 3.20. The Morgan fingerprint density at radius 2 is 1.97 bits per heavy atom. The van der Waals surface area contributed by atoms with Crippen molar-refractivity contribution in [3.8, 4) is 0 Å². The Kier molecular flexibility index (Phi) is 6.49. The number of aromatic nitrogens is 3. The van der Waals surface area contributed by atoms with Gasteiger partial charge in [-0.1, -0.05) is 5.16 Å². The predicted molar refractivity (Wildman–Crippen MR) is 127 cm³/mol. The van der Waals surface area contributed by atoms with Crippen LogP contribution < -0.4 is 22.5 Å². The molecular weight excluding hydrogens is 506 g/mol. The highest BCUT2D eigenvalue weighted by molar-refractivity contribution is 8.05. The van der Waals surface area contributed by atoms with Crippen LogP contribution in [-0.4, -0.2) is 70.8 Å². The summed E-state index contributed by atoms with van der Waals surface area (Å²) in [5.74, 6) is -1.56. The van der Waals surface area contributed by atoms with E-state index in [0.717, 1.165) is 28.0 Å². The number of carboxylic acid groups (broad SMARTS) is 1. The number of rotatable bonds is 7. The summed E-state index contributed by atoms with van der Waals surface area (Å²) in [7, 11) is 0. The van der Waals surface area contributed by atoms with E-state index in [9.17, 15) is 24.7 Å². The lowest BCUT2D eigenvalue weighted by molar-refractivity contribution is -0.150. The molecule has 9 N–H and O–H groups in total. The van der Waals surface area contributed by atoms with Crippen LogP contribution in [0.25, 0.3) is 0 Å². The Morgan fingerprint density at radius 1 is 1.26 bits per heavy atom. The van der Waals surface area contributed by atoms with Crippen LogP contribution in [-0.2, 0) is 20.1 Å². The molecule has 0 bridgehead atoms. The van der Waals surface area contributed by atoms with Crippen LogP contribution in [0.4, 0.5) is 16.8 Å². The maximum absolute atomic E-state index is 12.8. The number of amides is 2. The minimum absolute atomic E-state index is 0.0524. The van der Waals surface area contributed by atoms with Gasteiger partial charge in [0.1, 0.15) is 40.3 Å². The van der Waals surface area contributed by atoms with Gasteiger partial charge in [-0.25, -0.2) is 19.7 Å². The van der Waals surface area contributed by atoms with Gasteiger partial charge < -0.3 is 32.8 Å². The zero-order valence-corrected chi connectivity index (χ0v) is 19.5. The largest absolute Gasteiger partial charge is 0.477 e. The third-order valence-electron chi connectivity index (χ3n) is 4.69. The van der Waals surface area contributed by atoms with Gasteiger partial charge >= 0.3 is 5.97 Å². The highest BCUT2D eigenvalue weighted by Crippen LogP contribution is 2.44. The number of carboxylic acids is 1. The molecule has 4 rings (SSSR count). The van der Waals surface area contributed by atoms with Crippen molar-refractivity contribution in [2.75, 3.05) is 23.0 Å². The maximum atomic E-state index is 12.8. The van der Waals surface area contributed by atoms with Gasteiger partial charge in [-0.3, -0.25) is 14.5 Å². The number of carbonyl (C=O) groups excluding carboxylic acids is 2. The van der Waals surface area contributed by atoms with Crippen LogP contribution in [0.2, 0.25) is 0 Å². The number of anilines is 3. The van der Waals surface area contributed by atoms with Crippen LogP contribution >= 0.6 is 34.9 Å². The normalized spacial score (nSPS) is 20.1. The first kappa shape index (κ1) is 23.6. The van der Waals surface area contributed by atoms with Gasteiger partial charge in [0.05, 0.1) is 5.75 Å². The van der Waals surface area contributed by atoms with E-state index in [4.69, 9.17) is 17.2 Å². The molecule has 14 nitrogen and oxygen atoms in total. The maximum Gasteiger partial charge on any atom is 0.353 e.